The average Bonchev–Trinajstić information content (AvgIpc) is 2.90. The molecule has 0 aliphatic rings. The highest BCUT2D eigenvalue weighted by atomic mass is 35.5. The fraction of sp³-hybridized carbons (Fsp3) is 0.154. The number of amidine groups is 1. The van der Waals surface area contributed by atoms with Crippen molar-refractivity contribution in [2.75, 3.05) is 11.9 Å². The molecule has 0 aliphatic carbocycles. The van der Waals surface area contributed by atoms with Crippen molar-refractivity contribution in [1.29, 1.82) is 0 Å². The monoisotopic (exact) mass is 295 g/mol. The topological polar surface area (TPSA) is 61.8 Å². The van der Waals surface area contributed by atoms with E-state index in [1.54, 1.807) is 23.5 Å². The van der Waals surface area contributed by atoms with E-state index < -0.39 is 0 Å². The van der Waals surface area contributed by atoms with E-state index in [1.165, 1.54) is 5.56 Å². The smallest absolute Gasteiger partial charge is 0.170 e. The summed E-state index contributed by atoms with van der Waals surface area (Å²) < 4.78 is 0. The van der Waals surface area contributed by atoms with Gasteiger partial charge in [-0.15, -0.1) is 0 Å². The molecule has 0 atom stereocenters. The normalized spacial score (nSPS) is 11.6. The molecular weight excluding hydrogens is 282 g/mol. The lowest BCUT2D eigenvalue weighted by atomic mass is 10.1. The van der Waals surface area contributed by atoms with Gasteiger partial charge in [-0.05, 0) is 40.6 Å². The van der Waals surface area contributed by atoms with Gasteiger partial charge >= 0.3 is 0 Å². The molecule has 2 aromatic rings. The molecule has 0 fully saturated rings. The number of nitrogens with zero attached hydrogens (tertiary/aromatic N) is 2. The third-order valence-electron chi connectivity index (χ3n) is 2.76. The SMILES string of the molecule is CN(Cc1ccsc1)c1ccc(C(N)=NO)cc1Cl. The Labute approximate surface area is 120 Å². The molecule has 0 unspecified atom stereocenters. The van der Waals surface area contributed by atoms with Gasteiger partial charge in [0.2, 0.25) is 0 Å². The van der Waals surface area contributed by atoms with E-state index in [2.05, 4.69) is 21.5 Å². The highest BCUT2D eigenvalue weighted by Gasteiger charge is 2.09. The molecule has 0 amide bonds. The van der Waals surface area contributed by atoms with Crippen LogP contribution >= 0.6 is 22.9 Å². The quantitative estimate of drug-likeness (QED) is 0.394. The van der Waals surface area contributed by atoms with Gasteiger partial charge < -0.3 is 15.8 Å². The summed E-state index contributed by atoms with van der Waals surface area (Å²) in [6.07, 6.45) is 0. The van der Waals surface area contributed by atoms with Crippen molar-refractivity contribution in [2.45, 2.75) is 6.54 Å². The van der Waals surface area contributed by atoms with Crippen LogP contribution in [0.25, 0.3) is 0 Å². The zero-order chi connectivity index (χ0) is 13.8. The molecule has 19 heavy (non-hydrogen) atoms. The summed E-state index contributed by atoms with van der Waals surface area (Å²) in [5.41, 5.74) is 8.27. The van der Waals surface area contributed by atoms with Crippen LogP contribution in [-0.4, -0.2) is 18.1 Å². The van der Waals surface area contributed by atoms with Crippen molar-refractivity contribution < 1.29 is 5.21 Å². The van der Waals surface area contributed by atoms with Crippen LogP contribution in [0, 0.1) is 0 Å². The standard InChI is InChI=1S/C13H14ClN3OS/c1-17(7-9-4-5-19-8-9)12-3-2-10(6-11(12)14)13(15)16-18/h2-6,8,18H,7H2,1H3,(H2,15,16). The molecule has 0 bridgehead atoms. The summed E-state index contributed by atoms with van der Waals surface area (Å²) in [6.45, 7) is 0.784. The number of rotatable bonds is 4. The maximum absolute atomic E-state index is 8.64. The van der Waals surface area contributed by atoms with Crippen LogP contribution < -0.4 is 10.6 Å². The summed E-state index contributed by atoms with van der Waals surface area (Å²) in [5, 5.41) is 16.3. The number of nitrogens with two attached hydrogens (primary N) is 1. The zero-order valence-electron chi connectivity index (χ0n) is 10.4. The first-order valence-corrected chi connectivity index (χ1v) is 6.93. The number of anilines is 1. The second-order valence-electron chi connectivity index (χ2n) is 4.14. The van der Waals surface area contributed by atoms with Crippen LogP contribution in [-0.2, 0) is 6.54 Å². The molecule has 1 heterocycles. The molecule has 1 aromatic carbocycles. The van der Waals surface area contributed by atoms with Crippen molar-refractivity contribution in [2.24, 2.45) is 10.9 Å². The van der Waals surface area contributed by atoms with Gasteiger partial charge in [0, 0.05) is 19.2 Å². The van der Waals surface area contributed by atoms with Gasteiger partial charge in [0.1, 0.15) is 0 Å². The Morgan fingerprint density at radius 2 is 2.26 bits per heavy atom. The van der Waals surface area contributed by atoms with Crippen molar-refractivity contribution in [3.8, 4) is 0 Å². The molecule has 4 nitrogen and oxygen atoms in total. The van der Waals surface area contributed by atoms with Gasteiger partial charge in [-0.1, -0.05) is 16.8 Å². The van der Waals surface area contributed by atoms with Gasteiger partial charge in [0.05, 0.1) is 10.7 Å². The highest BCUT2D eigenvalue weighted by molar-refractivity contribution is 7.07. The van der Waals surface area contributed by atoms with Crippen LogP contribution in [0.2, 0.25) is 5.02 Å². The van der Waals surface area contributed by atoms with E-state index >= 15 is 0 Å². The van der Waals surface area contributed by atoms with Crippen LogP contribution in [0.1, 0.15) is 11.1 Å². The van der Waals surface area contributed by atoms with E-state index in [0.717, 1.165) is 12.2 Å². The minimum Gasteiger partial charge on any atom is -0.409 e. The Bertz CT molecular complexity index is 584. The lowest BCUT2D eigenvalue weighted by Crippen LogP contribution is -2.17. The van der Waals surface area contributed by atoms with Crippen LogP contribution in [0.3, 0.4) is 0 Å². The summed E-state index contributed by atoms with van der Waals surface area (Å²) >= 11 is 7.90. The molecule has 3 N–H and O–H groups in total. The lowest BCUT2D eigenvalue weighted by molar-refractivity contribution is 0.318. The summed E-state index contributed by atoms with van der Waals surface area (Å²) in [4.78, 5) is 2.06. The van der Waals surface area contributed by atoms with E-state index in [4.69, 9.17) is 22.5 Å². The van der Waals surface area contributed by atoms with Gasteiger partial charge in [-0.2, -0.15) is 11.3 Å². The first-order valence-electron chi connectivity index (χ1n) is 5.61. The molecule has 0 radical (unpaired) electrons. The first-order chi connectivity index (χ1) is 9.11. The predicted molar refractivity (Wildman–Crippen MR) is 80.4 cm³/mol. The Balaban J connectivity index is 2.21. The molecule has 6 heteroatoms. The third-order valence-corrected chi connectivity index (χ3v) is 3.80. The maximum atomic E-state index is 8.64. The predicted octanol–water partition coefficient (Wildman–Crippen LogP) is 3.13. The molecule has 1 aromatic heterocycles. The van der Waals surface area contributed by atoms with Crippen LogP contribution in [0.5, 0.6) is 0 Å². The molecule has 0 saturated carbocycles. The van der Waals surface area contributed by atoms with Crippen LogP contribution in [0.15, 0.2) is 40.2 Å². The molecule has 2 rings (SSSR count). The van der Waals surface area contributed by atoms with Gasteiger partial charge in [-0.3, -0.25) is 0 Å². The number of hydrogen-bond acceptors (Lipinski definition) is 4. The van der Waals surface area contributed by atoms with Crippen molar-refractivity contribution in [3.05, 3.63) is 51.2 Å². The molecule has 0 spiro atoms. The summed E-state index contributed by atoms with van der Waals surface area (Å²) in [6, 6.07) is 7.42. The van der Waals surface area contributed by atoms with E-state index in [9.17, 15) is 0 Å². The van der Waals surface area contributed by atoms with Gasteiger partial charge in [0.25, 0.3) is 0 Å². The number of benzene rings is 1. The zero-order valence-corrected chi connectivity index (χ0v) is 11.9. The molecule has 0 aliphatic heterocycles. The van der Waals surface area contributed by atoms with Crippen molar-refractivity contribution in [3.63, 3.8) is 0 Å². The van der Waals surface area contributed by atoms with Crippen LogP contribution in [0.4, 0.5) is 5.69 Å². The Morgan fingerprint density at radius 1 is 1.47 bits per heavy atom. The Morgan fingerprint density at radius 3 is 2.84 bits per heavy atom. The van der Waals surface area contributed by atoms with Gasteiger partial charge in [-0.25, -0.2) is 0 Å². The second kappa shape index (κ2) is 5.95. The number of thiophene rings is 1. The second-order valence-corrected chi connectivity index (χ2v) is 5.33. The minimum absolute atomic E-state index is 0.0499. The fourth-order valence-electron chi connectivity index (χ4n) is 1.78. The number of halogens is 1. The summed E-state index contributed by atoms with van der Waals surface area (Å²) in [7, 11) is 1.97. The maximum Gasteiger partial charge on any atom is 0.170 e. The molecule has 0 saturated heterocycles. The largest absolute Gasteiger partial charge is 0.409 e. The van der Waals surface area contributed by atoms with E-state index in [0.29, 0.717) is 10.6 Å². The molecular formula is C13H14ClN3OS. The Kier molecular flexibility index (Phi) is 4.29. The average molecular weight is 296 g/mol. The highest BCUT2D eigenvalue weighted by Crippen LogP contribution is 2.27. The number of hydrogen-bond donors (Lipinski definition) is 2. The number of oxime groups is 1. The first kappa shape index (κ1) is 13.7. The van der Waals surface area contributed by atoms with Gasteiger partial charge in [0.15, 0.2) is 5.84 Å². The lowest BCUT2D eigenvalue weighted by Gasteiger charge is -2.20. The Hall–Kier alpha value is -1.72. The van der Waals surface area contributed by atoms with E-state index in [1.807, 2.05) is 18.5 Å². The minimum atomic E-state index is 0.0499. The molecule has 100 valence electrons. The van der Waals surface area contributed by atoms with E-state index in [-0.39, 0.29) is 5.84 Å². The fourth-order valence-corrected chi connectivity index (χ4v) is 2.76. The van der Waals surface area contributed by atoms with Crippen molar-refractivity contribution in [1.82, 2.24) is 0 Å². The summed E-state index contributed by atoms with van der Waals surface area (Å²) in [5.74, 6) is 0.0499. The van der Waals surface area contributed by atoms with Crippen molar-refractivity contribution >= 4 is 34.5 Å². The third kappa shape index (κ3) is 3.19.